The van der Waals surface area contributed by atoms with Crippen LogP contribution in [-0.4, -0.2) is 25.9 Å². The Balaban J connectivity index is 3.14. The maximum Gasteiger partial charge on any atom is 0.165 e. The molecule has 0 aliphatic heterocycles. The van der Waals surface area contributed by atoms with Crippen LogP contribution in [0.4, 0.5) is 0 Å². The highest BCUT2D eigenvalue weighted by molar-refractivity contribution is 5.47. The second-order valence-corrected chi connectivity index (χ2v) is 2.87. The summed E-state index contributed by atoms with van der Waals surface area (Å²) in [5.74, 6) is 1.20. The molecule has 0 bridgehead atoms. The molecule has 4 nitrogen and oxygen atoms in total. The summed E-state index contributed by atoms with van der Waals surface area (Å²) < 4.78 is 10.3. The van der Waals surface area contributed by atoms with Crippen molar-refractivity contribution in [2.24, 2.45) is 5.73 Å². The van der Waals surface area contributed by atoms with Crippen LogP contribution in [0.25, 0.3) is 0 Å². The summed E-state index contributed by atoms with van der Waals surface area (Å²) in [6, 6.07) is 4.96. The molecule has 0 radical (unpaired) electrons. The average Bonchev–Trinajstić information content (AvgIpc) is 2.26. The van der Waals surface area contributed by atoms with Crippen molar-refractivity contribution in [3.05, 3.63) is 23.8 Å². The Morgan fingerprint density at radius 1 is 1.36 bits per heavy atom. The van der Waals surface area contributed by atoms with Gasteiger partial charge in [0.1, 0.15) is 0 Å². The number of hydrogen-bond donors (Lipinski definition) is 2. The van der Waals surface area contributed by atoms with Gasteiger partial charge in [0.15, 0.2) is 11.5 Å². The maximum absolute atomic E-state index is 8.95. The van der Waals surface area contributed by atoms with Gasteiger partial charge >= 0.3 is 0 Å². The van der Waals surface area contributed by atoms with E-state index in [1.165, 1.54) is 0 Å². The first-order valence-corrected chi connectivity index (χ1v) is 4.32. The lowest BCUT2D eigenvalue weighted by atomic mass is 10.1. The van der Waals surface area contributed by atoms with Crippen LogP contribution in [0.3, 0.4) is 0 Å². The van der Waals surface area contributed by atoms with Crippen LogP contribution in [0, 0.1) is 0 Å². The summed E-state index contributed by atoms with van der Waals surface area (Å²) >= 11 is 0. The number of rotatable bonds is 4. The zero-order valence-corrected chi connectivity index (χ0v) is 8.36. The van der Waals surface area contributed by atoms with Crippen LogP contribution in [0.5, 0.6) is 11.5 Å². The topological polar surface area (TPSA) is 64.7 Å². The van der Waals surface area contributed by atoms with Gasteiger partial charge in [-0.1, -0.05) is 12.1 Å². The maximum atomic E-state index is 8.95. The minimum Gasteiger partial charge on any atom is -0.493 e. The Hall–Kier alpha value is -1.26. The van der Waals surface area contributed by atoms with E-state index in [0.29, 0.717) is 11.5 Å². The molecule has 0 fully saturated rings. The van der Waals surface area contributed by atoms with Crippen LogP contribution in [-0.2, 0) is 0 Å². The van der Waals surface area contributed by atoms with Crippen molar-refractivity contribution in [3.8, 4) is 11.5 Å². The van der Waals surface area contributed by atoms with Crippen molar-refractivity contribution in [1.29, 1.82) is 0 Å². The average molecular weight is 197 g/mol. The fraction of sp³-hybridized carbons (Fsp3) is 0.400. The zero-order valence-electron chi connectivity index (χ0n) is 8.36. The molecule has 3 N–H and O–H groups in total. The Kier molecular flexibility index (Phi) is 3.73. The van der Waals surface area contributed by atoms with Gasteiger partial charge in [-0.05, 0) is 6.07 Å². The highest BCUT2D eigenvalue weighted by Crippen LogP contribution is 2.33. The largest absolute Gasteiger partial charge is 0.493 e. The third-order valence-electron chi connectivity index (χ3n) is 2.03. The molecule has 1 rings (SSSR count). The van der Waals surface area contributed by atoms with E-state index in [-0.39, 0.29) is 6.61 Å². The quantitative estimate of drug-likeness (QED) is 0.745. The van der Waals surface area contributed by atoms with E-state index >= 15 is 0 Å². The van der Waals surface area contributed by atoms with Gasteiger partial charge < -0.3 is 20.3 Å². The molecule has 1 aromatic carbocycles. The third kappa shape index (κ3) is 1.97. The van der Waals surface area contributed by atoms with E-state index in [0.717, 1.165) is 5.56 Å². The summed E-state index contributed by atoms with van der Waals surface area (Å²) in [5, 5.41) is 8.95. The Bertz CT molecular complexity index is 301. The van der Waals surface area contributed by atoms with Gasteiger partial charge in [-0.25, -0.2) is 0 Å². The van der Waals surface area contributed by atoms with E-state index in [1.807, 2.05) is 12.1 Å². The molecule has 0 aliphatic rings. The van der Waals surface area contributed by atoms with Crippen LogP contribution in [0.1, 0.15) is 11.6 Å². The number of aliphatic hydroxyl groups is 1. The Labute approximate surface area is 83.3 Å². The Morgan fingerprint density at radius 2 is 2.07 bits per heavy atom. The monoisotopic (exact) mass is 197 g/mol. The second kappa shape index (κ2) is 4.83. The minimum atomic E-state index is -0.444. The first-order chi connectivity index (χ1) is 6.74. The number of hydrogen-bond acceptors (Lipinski definition) is 4. The lowest BCUT2D eigenvalue weighted by Gasteiger charge is -2.15. The van der Waals surface area contributed by atoms with Crippen LogP contribution >= 0.6 is 0 Å². The molecule has 0 saturated carbocycles. The first-order valence-electron chi connectivity index (χ1n) is 4.32. The summed E-state index contributed by atoms with van der Waals surface area (Å²) in [4.78, 5) is 0. The lowest BCUT2D eigenvalue weighted by molar-refractivity contribution is 0.263. The molecule has 0 aromatic heterocycles. The fourth-order valence-corrected chi connectivity index (χ4v) is 1.30. The molecule has 1 aromatic rings. The second-order valence-electron chi connectivity index (χ2n) is 2.87. The summed E-state index contributed by atoms with van der Waals surface area (Å²) in [6.45, 7) is -0.122. The molecule has 1 unspecified atom stereocenters. The highest BCUT2D eigenvalue weighted by Gasteiger charge is 2.14. The molecule has 0 saturated heterocycles. The van der Waals surface area contributed by atoms with E-state index in [2.05, 4.69) is 0 Å². The first kappa shape index (κ1) is 10.8. The summed E-state index contributed by atoms with van der Waals surface area (Å²) in [6.07, 6.45) is 0. The molecule has 4 heteroatoms. The van der Waals surface area contributed by atoms with Gasteiger partial charge in [0, 0.05) is 5.56 Å². The lowest BCUT2D eigenvalue weighted by Crippen LogP contribution is -2.15. The van der Waals surface area contributed by atoms with E-state index in [1.54, 1.807) is 20.3 Å². The van der Waals surface area contributed by atoms with E-state index < -0.39 is 6.04 Å². The molecule has 0 amide bonds. The van der Waals surface area contributed by atoms with Crippen molar-refractivity contribution in [1.82, 2.24) is 0 Å². The fourth-order valence-electron chi connectivity index (χ4n) is 1.30. The van der Waals surface area contributed by atoms with Crippen LogP contribution in [0.2, 0.25) is 0 Å². The minimum absolute atomic E-state index is 0.122. The van der Waals surface area contributed by atoms with Gasteiger partial charge in [0.05, 0.1) is 26.9 Å². The molecular formula is C10H15NO3. The van der Waals surface area contributed by atoms with Gasteiger partial charge in [-0.2, -0.15) is 0 Å². The predicted octanol–water partition coefficient (Wildman–Crippen LogP) is 0.696. The number of para-hydroxylation sites is 1. The Morgan fingerprint density at radius 3 is 2.57 bits per heavy atom. The van der Waals surface area contributed by atoms with Crippen molar-refractivity contribution in [2.75, 3.05) is 20.8 Å². The van der Waals surface area contributed by atoms with Gasteiger partial charge in [-0.3, -0.25) is 0 Å². The molecule has 1 atom stereocenters. The zero-order chi connectivity index (χ0) is 10.6. The standard InChI is InChI=1S/C10H15NO3/c1-13-9-5-3-4-7(8(11)6-12)10(9)14-2/h3-5,8,12H,6,11H2,1-2H3. The van der Waals surface area contributed by atoms with E-state index in [9.17, 15) is 0 Å². The molecule has 0 spiro atoms. The highest BCUT2D eigenvalue weighted by atomic mass is 16.5. The summed E-state index contributed by atoms with van der Waals surface area (Å²) in [5.41, 5.74) is 6.45. The molecule has 14 heavy (non-hydrogen) atoms. The number of nitrogens with two attached hydrogens (primary N) is 1. The van der Waals surface area contributed by atoms with E-state index in [4.69, 9.17) is 20.3 Å². The number of methoxy groups -OCH3 is 2. The molecule has 78 valence electrons. The number of aliphatic hydroxyl groups excluding tert-OH is 1. The van der Waals surface area contributed by atoms with Crippen LogP contribution < -0.4 is 15.2 Å². The van der Waals surface area contributed by atoms with Crippen molar-refractivity contribution < 1.29 is 14.6 Å². The van der Waals surface area contributed by atoms with Crippen LogP contribution in [0.15, 0.2) is 18.2 Å². The van der Waals surface area contributed by atoms with Gasteiger partial charge in [0.25, 0.3) is 0 Å². The van der Waals surface area contributed by atoms with Gasteiger partial charge in [0.2, 0.25) is 0 Å². The molecule has 0 heterocycles. The predicted molar refractivity (Wildman–Crippen MR) is 53.6 cm³/mol. The third-order valence-corrected chi connectivity index (χ3v) is 2.03. The normalized spacial score (nSPS) is 12.3. The van der Waals surface area contributed by atoms with Crippen molar-refractivity contribution >= 4 is 0 Å². The number of ether oxygens (including phenoxy) is 2. The van der Waals surface area contributed by atoms with Crippen molar-refractivity contribution in [2.45, 2.75) is 6.04 Å². The summed E-state index contributed by atoms with van der Waals surface area (Å²) in [7, 11) is 3.11. The smallest absolute Gasteiger partial charge is 0.165 e. The molecular weight excluding hydrogens is 182 g/mol. The molecule has 0 aliphatic carbocycles. The SMILES string of the molecule is COc1cccc(C(N)CO)c1OC. The van der Waals surface area contributed by atoms with Crippen molar-refractivity contribution in [3.63, 3.8) is 0 Å². The number of benzene rings is 1. The van der Waals surface area contributed by atoms with Gasteiger partial charge in [-0.15, -0.1) is 0 Å².